The van der Waals surface area contributed by atoms with E-state index in [-0.39, 0.29) is 5.41 Å². The van der Waals surface area contributed by atoms with Gasteiger partial charge in [-0.05, 0) is 86.6 Å². The monoisotopic (exact) mass is 626 g/mol. The zero-order chi connectivity index (χ0) is 33.1. The largest absolute Gasteiger partial charge is 0.279 e. The molecule has 0 fully saturated rings. The van der Waals surface area contributed by atoms with Crippen LogP contribution in [0.5, 0.6) is 0 Å². The van der Waals surface area contributed by atoms with E-state index >= 15 is 0 Å². The first-order valence-electron chi connectivity index (χ1n) is 16.7. The molecule has 0 saturated carbocycles. The van der Waals surface area contributed by atoms with Gasteiger partial charge in [-0.3, -0.25) is 0 Å². The lowest BCUT2D eigenvalue weighted by molar-refractivity contribution is -0.319. The quantitative estimate of drug-likeness (QED) is 0.175. The van der Waals surface area contributed by atoms with Crippen molar-refractivity contribution in [2.75, 3.05) is 0 Å². The van der Waals surface area contributed by atoms with E-state index in [0.717, 1.165) is 56.3 Å². The van der Waals surface area contributed by atoms with Crippen LogP contribution in [-0.4, -0.2) is 16.2 Å². The van der Waals surface area contributed by atoms with Crippen LogP contribution in [0.4, 0.5) is 5.69 Å². The maximum atomic E-state index is 9.87. The minimum Gasteiger partial charge on any atom is -0.192 e. The molecule has 0 unspecified atom stereocenters. The highest BCUT2D eigenvalue weighted by atomic mass is 15.2. The number of rotatable bonds is 5. The second kappa shape index (κ2) is 11.1. The van der Waals surface area contributed by atoms with Gasteiger partial charge in [0, 0.05) is 16.5 Å². The Kier molecular flexibility index (Phi) is 6.54. The van der Waals surface area contributed by atoms with Gasteiger partial charge in [0.05, 0.1) is 22.8 Å². The van der Waals surface area contributed by atoms with Crippen LogP contribution in [0, 0.1) is 11.3 Å². The molecule has 0 N–H and O–H groups in total. The van der Waals surface area contributed by atoms with Gasteiger partial charge < -0.3 is 0 Å². The summed E-state index contributed by atoms with van der Waals surface area (Å²) >= 11 is 0. The number of para-hydroxylation sites is 1. The predicted molar refractivity (Wildman–Crippen MR) is 201 cm³/mol. The van der Waals surface area contributed by atoms with E-state index in [4.69, 9.17) is 4.99 Å². The van der Waals surface area contributed by atoms with Crippen LogP contribution < -0.4 is 0 Å². The lowest BCUT2D eigenvalue weighted by Crippen LogP contribution is -2.34. The van der Waals surface area contributed by atoms with Crippen LogP contribution in [0.2, 0.25) is 0 Å². The van der Waals surface area contributed by atoms with Gasteiger partial charge in [0.1, 0.15) is 5.69 Å². The molecule has 7 aromatic rings. The molecule has 0 aromatic heterocycles. The third kappa shape index (κ3) is 4.49. The molecule has 1 heterocycles. The number of benzene rings is 7. The summed E-state index contributed by atoms with van der Waals surface area (Å²) in [6, 6.07) is 58.1. The summed E-state index contributed by atoms with van der Waals surface area (Å²) < 4.78 is 2.28. The molecule has 2 aliphatic rings. The molecule has 3 nitrogen and oxygen atoms in total. The standard InChI is InChI=1S/C46H32N3/c1-46(2)40-19-11-15-35(29-47)43(40)38-26-25-34(28-41(38)46)30-20-22-32(23-21-30)42-37-18-10-9-12-31(37)24-27-39(42)45-48-44(33-13-5-3-6-14-33)49(45)36-16-7-4-8-17-36/h3-28H,1-2H3/q+1. The molecule has 1 aliphatic heterocycles. The normalized spacial score (nSPS) is 14.1. The van der Waals surface area contributed by atoms with Gasteiger partial charge in [-0.15, -0.1) is 0 Å². The molecule has 0 atom stereocenters. The maximum absolute atomic E-state index is 9.87. The highest BCUT2D eigenvalue weighted by molar-refractivity contribution is 6.20. The molecule has 1 aliphatic carbocycles. The fourth-order valence-corrected chi connectivity index (χ4v) is 7.70. The number of hydrogen-bond donors (Lipinski definition) is 0. The topological polar surface area (TPSA) is 39.2 Å². The Hall–Kier alpha value is -6.37. The second-order valence-corrected chi connectivity index (χ2v) is 13.3. The summed E-state index contributed by atoms with van der Waals surface area (Å²) in [4.78, 5) is 5.19. The van der Waals surface area contributed by atoms with Gasteiger partial charge in [-0.25, -0.2) is 0 Å². The maximum Gasteiger partial charge on any atom is 0.279 e. The van der Waals surface area contributed by atoms with Gasteiger partial charge in [0.15, 0.2) is 0 Å². The summed E-state index contributed by atoms with van der Waals surface area (Å²) in [5.41, 5.74) is 13.2. The molecular formula is C46H32N3+. The Morgan fingerprint density at radius 1 is 0.551 bits per heavy atom. The predicted octanol–water partition coefficient (Wildman–Crippen LogP) is 10.9. The zero-order valence-corrected chi connectivity index (χ0v) is 27.4. The van der Waals surface area contributed by atoms with Crippen LogP contribution in [0.1, 0.15) is 41.7 Å². The van der Waals surface area contributed by atoms with E-state index in [1.807, 2.05) is 18.2 Å². The van der Waals surface area contributed by atoms with E-state index in [2.05, 4.69) is 164 Å². The molecule has 9 rings (SSSR count). The van der Waals surface area contributed by atoms with E-state index < -0.39 is 0 Å². The van der Waals surface area contributed by atoms with Crippen molar-refractivity contribution in [3.05, 3.63) is 186 Å². The molecule has 0 radical (unpaired) electrons. The summed E-state index contributed by atoms with van der Waals surface area (Å²) in [7, 11) is 0. The van der Waals surface area contributed by atoms with Gasteiger partial charge in [-0.1, -0.05) is 134 Å². The fraction of sp³-hybridized carbons (Fsp3) is 0.0652. The number of nitrogens with zero attached hydrogens (tertiary/aromatic N) is 3. The minimum atomic E-state index is -0.185. The highest BCUT2D eigenvalue weighted by Gasteiger charge is 2.37. The van der Waals surface area contributed by atoms with E-state index in [1.54, 1.807) is 0 Å². The average Bonchev–Trinajstić information content (AvgIpc) is 3.37. The van der Waals surface area contributed by atoms with Gasteiger partial charge in [0.2, 0.25) is 0 Å². The van der Waals surface area contributed by atoms with E-state index in [1.165, 1.54) is 33.0 Å². The second-order valence-electron chi connectivity index (χ2n) is 13.3. The van der Waals surface area contributed by atoms with Crippen molar-refractivity contribution < 1.29 is 4.58 Å². The molecule has 0 spiro atoms. The van der Waals surface area contributed by atoms with Crippen molar-refractivity contribution in [1.29, 1.82) is 5.26 Å². The molecule has 7 aromatic carbocycles. The van der Waals surface area contributed by atoms with Crippen LogP contribution in [-0.2, 0) is 5.41 Å². The number of fused-ring (bicyclic) bond motifs is 4. The summed E-state index contributed by atoms with van der Waals surface area (Å²) in [5, 5.41) is 12.3. The van der Waals surface area contributed by atoms with Crippen LogP contribution in [0.25, 0.3) is 44.2 Å². The lowest BCUT2D eigenvalue weighted by atomic mass is 9.81. The smallest absolute Gasteiger partial charge is 0.192 e. The third-order valence-corrected chi connectivity index (χ3v) is 10.2. The molecule has 0 bridgehead atoms. The van der Waals surface area contributed by atoms with Gasteiger partial charge in [0.25, 0.3) is 11.7 Å². The zero-order valence-electron chi connectivity index (χ0n) is 27.4. The Labute approximate surface area is 286 Å². The first-order valence-corrected chi connectivity index (χ1v) is 16.7. The lowest BCUT2D eigenvalue weighted by Gasteiger charge is -2.22. The summed E-state index contributed by atoms with van der Waals surface area (Å²) in [5.74, 6) is 1.88. The Morgan fingerprint density at radius 3 is 2.00 bits per heavy atom. The highest BCUT2D eigenvalue weighted by Crippen LogP contribution is 2.51. The van der Waals surface area contributed by atoms with Crippen LogP contribution in [0.15, 0.2) is 163 Å². The number of hydrogen-bond acceptors (Lipinski definition) is 2. The van der Waals surface area contributed by atoms with E-state index in [9.17, 15) is 5.26 Å². The van der Waals surface area contributed by atoms with E-state index in [0.29, 0.717) is 0 Å². The van der Waals surface area contributed by atoms with Crippen molar-refractivity contribution in [3.8, 4) is 39.4 Å². The van der Waals surface area contributed by atoms with Crippen molar-refractivity contribution in [2.24, 2.45) is 4.99 Å². The van der Waals surface area contributed by atoms with Crippen molar-refractivity contribution in [3.63, 3.8) is 0 Å². The van der Waals surface area contributed by atoms with Crippen molar-refractivity contribution >= 4 is 28.1 Å². The summed E-state index contributed by atoms with van der Waals surface area (Å²) in [6.07, 6.45) is 0. The van der Waals surface area contributed by atoms with Gasteiger partial charge in [-0.2, -0.15) is 9.84 Å². The molecule has 3 heteroatoms. The molecule has 0 amide bonds. The van der Waals surface area contributed by atoms with Gasteiger partial charge >= 0.3 is 0 Å². The molecule has 230 valence electrons. The Morgan fingerprint density at radius 2 is 1.22 bits per heavy atom. The number of aliphatic imine (C=N–C) groups is 1. The fourth-order valence-electron chi connectivity index (χ4n) is 7.70. The Balaban J connectivity index is 1.16. The number of nitriles is 1. The SMILES string of the molecule is CC1(C)c2cc(-c3ccc(-c4c(C5=[N+](c6ccccc6)C(c6ccccc6)=N5)ccc5ccccc45)cc3)ccc2-c2c(C#N)cccc21. The molecule has 0 saturated heterocycles. The third-order valence-electron chi connectivity index (χ3n) is 10.2. The van der Waals surface area contributed by atoms with Crippen LogP contribution >= 0.6 is 0 Å². The Bertz CT molecular complexity index is 2550. The van der Waals surface area contributed by atoms with Crippen molar-refractivity contribution in [2.45, 2.75) is 19.3 Å². The molecular weight excluding hydrogens is 595 g/mol. The van der Waals surface area contributed by atoms with Crippen molar-refractivity contribution in [1.82, 2.24) is 0 Å². The average molecular weight is 627 g/mol. The molecule has 49 heavy (non-hydrogen) atoms. The number of amidine groups is 2. The van der Waals surface area contributed by atoms with Crippen LogP contribution in [0.3, 0.4) is 0 Å². The first-order chi connectivity index (χ1) is 24.0. The summed E-state index contributed by atoms with van der Waals surface area (Å²) in [6.45, 7) is 4.52. The first kappa shape index (κ1) is 28.8. The minimum absolute atomic E-state index is 0.185.